The molecule has 0 saturated heterocycles. The number of hydrogen-bond acceptors (Lipinski definition) is 7. The van der Waals surface area contributed by atoms with Gasteiger partial charge in [-0.05, 0) is 87.1 Å². The van der Waals surface area contributed by atoms with Gasteiger partial charge in [0.15, 0.2) is 5.65 Å². The standard InChI is InChI=1S/C33H53ClN4O4S/c1-18-16-21(32(2,3)4)26(22(17-18)33(5,6)7)42-29(39)24-23(19-12-14-20(34)15-13-19)25(28(43-11)37(8)9)38-27(24)35-30(41-10)36-31(38)40/h18-22,26,28H,12-17H2,1-11H3,(H,35,36,40). The fraction of sp³-hybridized carbons (Fsp3) is 0.788. The summed E-state index contributed by atoms with van der Waals surface area (Å²) in [5.74, 6) is 0.587. The van der Waals surface area contributed by atoms with Crippen molar-refractivity contribution >= 4 is 35.0 Å². The molecule has 10 heteroatoms. The molecule has 8 nitrogen and oxygen atoms in total. The van der Waals surface area contributed by atoms with Crippen LogP contribution in [0.5, 0.6) is 6.01 Å². The Morgan fingerprint density at radius 1 is 1.07 bits per heavy atom. The average molecular weight is 637 g/mol. The summed E-state index contributed by atoms with van der Waals surface area (Å²) in [6.07, 6.45) is 7.14. The van der Waals surface area contributed by atoms with Crippen LogP contribution in [0.25, 0.3) is 5.65 Å². The highest BCUT2D eigenvalue weighted by molar-refractivity contribution is 7.98. The van der Waals surface area contributed by atoms with Crippen LogP contribution >= 0.6 is 23.4 Å². The maximum Gasteiger partial charge on any atom is 0.342 e. The first-order chi connectivity index (χ1) is 20.0. The van der Waals surface area contributed by atoms with Crippen molar-refractivity contribution in [3.63, 3.8) is 0 Å². The first kappa shape index (κ1) is 34.2. The Kier molecular flexibility index (Phi) is 10.3. The summed E-state index contributed by atoms with van der Waals surface area (Å²) in [6.45, 7) is 15.8. The molecule has 4 rings (SSSR count). The lowest BCUT2D eigenvalue weighted by molar-refractivity contribution is -0.0923. The quantitative estimate of drug-likeness (QED) is 0.191. The number of rotatable bonds is 7. The Balaban J connectivity index is 1.98. The monoisotopic (exact) mass is 636 g/mol. The van der Waals surface area contributed by atoms with Gasteiger partial charge in [0.25, 0.3) is 6.01 Å². The van der Waals surface area contributed by atoms with Gasteiger partial charge in [-0.25, -0.2) is 14.0 Å². The van der Waals surface area contributed by atoms with E-state index in [4.69, 9.17) is 26.1 Å². The van der Waals surface area contributed by atoms with Crippen LogP contribution in [-0.2, 0) is 4.74 Å². The molecule has 242 valence electrons. The van der Waals surface area contributed by atoms with E-state index in [1.54, 1.807) is 16.2 Å². The maximum atomic E-state index is 14.8. The number of carbonyl (C=O) groups is 1. The Morgan fingerprint density at radius 2 is 1.63 bits per heavy atom. The second-order valence-corrected chi connectivity index (χ2v) is 16.8. The van der Waals surface area contributed by atoms with Crippen LogP contribution in [0.2, 0.25) is 0 Å². The zero-order chi connectivity index (χ0) is 32.0. The summed E-state index contributed by atoms with van der Waals surface area (Å²) < 4.78 is 13.8. The SMILES string of the molecule is COc1nc2c(C(=O)OC3C(C(C)(C)C)CC(C)CC3C(C)(C)C)c(C3CCC(Cl)CC3)c(C(SC)N(C)C)n2c(=O)[nH]1. The number of thioether (sulfide) groups is 1. The van der Waals surface area contributed by atoms with Gasteiger partial charge in [0.2, 0.25) is 0 Å². The van der Waals surface area contributed by atoms with E-state index >= 15 is 0 Å². The summed E-state index contributed by atoms with van der Waals surface area (Å²) in [5, 5.41) is -0.0717. The van der Waals surface area contributed by atoms with Crippen LogP contribution in [0.4, 0.5) is 0 Å². The van der Waals surface area contributed by atoms with Gasteiger partial charge in [0, 0.05) is 17.2 Å². The van der Waals surface area contributed by atoms with Crippen molar-refractivity contribution in [2.45, 2.75) is 110 Å². The fourth-order valence-corrected chi connectivity index (χ4v) is 8.72. The molecule has 0 radical (unpaired) electrons. The minimum absolute atomic E-state index is 0.0494. The van der Waals surface area contributed by atoms with Gasteiger partial charge >= 0.3 is 11.7 Å². The van der Waals surface area contributed by atoms with E-state index in [0.29, 0.717) is 17.1 Å². The molecule has 0 bridgehead atoms. The Labute approximate surface area is 267 Å². The smallest absolute Gasteiger partial charge is 0.342 e. The van der Waals surface area contributed by atoms with Crippen LogP contribution in [-0.4, -0.2) is 64.2 Å². The molecule has 0 spiro atoms. The van der Waals surface area contributed by atoms with Gasteiger partial charge in [-0.2, -0.15) is 4.98 Å². The molecule has 2 heterocycles. The highest BCUT2D eigenvalue weighted by atomic mass is 35.5. The third-order valence-electron chi connectivity index (χ3n) is 9.81. The molecule has 2 aliphatic carbocycles. The first-order valence-corrected chi connectivity index (χ1v) is 17.5. The van der Waals surface area contributed by atoms with E-state index < -0.39 is 5.97 Å². The predicted molar refractivity (Wildman–Crippen MR) is 177 cm³/mol. The zero-order valence-electron chi connectivity index (χ0n) is 28.0. The number of methoxy groups -OCH3 is 1. The fourth-order valence-electron chi connectivity index (χ4n) is 7.59. The Morgan fingerprint density at radius 3 is 2.09 bits per heavy atom. The van der Waals surface area contributed by atoms with Crippen LogP contribution in [0.3, 0.4) is 0 Å². The van der Waals surface area contributed by atoms with Gasteiger partial charge in [-0.1, -0.05) is 48.5 Å². The van der Waals surface area contributed by atoms with Crippen molar-refractivity contribution in [2.24, 2.45) is 28.6 Å². The minimum atomic E-state index is -0.395. The van der Waals surface area contributed by atoms with Gasteiger partial charge < -0.3 is 9.47 Å². The second-order valence-electron chi connectivity index (χ2n) is 15.3. The number of carbonyl (C=O) groups excluding carboxylic acids is 1. The molecule has 43 heavy (non-hydrogen) atoms. The van der Waals surface area contributed by atoms with E-state index in [9.17, 15) is 9.59 Å². The van der Waals surface area contributed by atoms with E-state index in [2.05, 4.69) is 58.4 Å². The van der Waals surface area contributed by atoms with E-state index in [1.165, 1.54) is 7.11 Å². The van der Waals surface area contributed by atoms with E-state index in [0.717, 1.165) is 49.8 Å². The molecular formula is C33H53ClN4O4S. The summed E-state index contributed by atoms with van der Waals surface area (Å²) >= 11 is 8.19. The average Bonchev–Trinajstić information content (AvgIpc) is 3.24. The third-order valence-corrected chi connectivity index (χ3v) is 11.3. The molecular weight excluding hydrogens is 584 g/mol. The molecule has 2 saturated carbocycles. The predicted octanol–water partition coefficient (Wildman–Crippen LogP) is 7.50. The van der Waals surface area contributed by atoms with Gasteiger partial charge in [-0.15, -0.1) is 23.4 Å². The second kappa shape index (κ2) is 13.0. The molecule has 2 aliphatic rings. The molecule has 0 amide bonds. The number of ether oxygens (including phenoxy) is 2. The lowest BCUT2D eigenvalue weighted by Gasteiger charge is -2.50. The number of halogens is 1. The van der Waals surface area contributed by atoms with E-state index in [-0.39, 0.29) is 57.1 Å². The van der Waals surface area contributed by atoms with E-state index in [1.807, 2.05) is 20.4 Å². The van der Waals surface area contributed by atoms with Gasteiger partial charge in [0.05, 0.1) is 18.2 Å². The molecule has 0 aliphatic heterocycles. The molecule has 0 aromatic carbocycles. The number of nitrogens with zero attached hydrogens (tertiary/aromatic N) is 3. The molecule has 2 aromatic heterocycles. The number of hydrogen-bond donors (Lipinski definition) is 1. The minimum Gasteiger partial charge on any atom is -0.468 e. The summed E-state index contributed by atoms with van der Waals surface area (Å²) in [4.78, 5) is 38.1. The van der Waals surface area contributed by atoms with Crippen molar-refractivity contribution in [2.75, 3.05) is 27.5 Å². The summed E-state index contributed by atoms with van der Waals surface area (Å²) in [7, 11) is 5.46. The molecule has 1 N–H and O–H groups in total. The highest BCUT2D eigenvalue weighted by Crippen LogP contribution is 2.51. The lowest BCUT2D eigenvalue weighted by Crippen LogP contribution is -2.49. The van der Waals surface area contributed by atoms with Crippen molar-refractivity contribution < 1.29 is 14.3 Å². The molecule has 3 unspecified atom stereocenters. The topological polar surface area (TPSA) is 88.9 Å². The number of H-pyrrole nitrogens is 1. The molecule has 2 aromatic rings. The van der Waals surface area contributed by atoms with Crippen LogP contribution in [0.1, 0.15) is 120 Å². The van der Waals surface area contributed by atoms with Gasteiger partial charge in [0.1, 0.15) is 11.7 Å². The van der Waals surface area contributed by atoms with Crippen LogP contribution < -0.4 is 10.4 Å². The zero-order valence-corrected chi connectivity index (χ0v) is 29.6. The lowest BCUT2D eigenvalue weighted by atomic mass is 9.59. The van der Waals surface area contributed by atoms with Crippen molar-refractivity contribution in [1.82, 2.24) is 19.3 Å². The number of fused-ring (bicyclic) bond motifs is 1. The van der Waals surface area contributed by atoms with Crippen molar-refractivity contribution in [1.29, 1.82) is 0 Å². The van der Waals surface area contributed by atoms with Crippen molar-refractivity contribution in [3.8, 4) is 6.01 Å². The van der Waals surface area contributed by atoms with Gasteiger partial charge in [-0.3, -0.25) is 9.88 Å². The summed E-state index contributed by atoms with van der Waals surface area (Å²) in [6, 6.07) is 0.0730. The summed E-state index contributed by atoms with van der Waals surface area (Å²) in [5.41, 5.74) is 1.88. The third kappa shape index (κ3) is 6.94. The van der Waals surface area contributed by atoms with Crippen LogP contribution in [0.15, 0.2) is 4.79 Å². The number of nitrogens with one attached hydrogen (secondary N) is 1. The Hall–Kier alpha value is -1.71. The normalized spacial score (nSPS) is 27.8. The maximum absolute atomic E-state index is 14.8. The molecule has 3 atom stereocenters. The first-order valence-electron chi connectivity index (χ1n) is 15.8. The molecule has 2 fully saturated rings. The number of aromatic amines is 1. The number of alkyl halides is 1. The highest BCUT2D eigenvalue weighted by Gasteiger charge is 2.49. The van der Waals surface area contributed by atoms with Crippen molar-refractivity contribution in [3.05, 3.63) is 27.3 Å². The number of esters is 1. The largest absolute Gasteiger partial charge is 0.468 e. The van der Waals surface area contributed by atoms with Crippen LogP contribution in [0, 0.1) is 28.6 Å². The number of aromatic nitrogens is 3. The Bertz CT molecular complexity index is 1330.